The van der Waals surface area contributed by atoms with Crippen LogP contribution in [0.1, 0.15) is 10.4 Å². The summed E-state index contributed by atoms with van der Waals surface area (Å²) in [6, 6.07) is 2.49. The number of halogens is 4. The lowest BCUT2D eigenvalue weighted by molar-refractivity contribution is -0.123. The Bertz CT molecular complexity index is 422. The minimum Gasteiger partial charge on any atom is -0.373 e. The molecule has 1 amide bonds. The summed E-state index contributed by atoms with van der Waals surface area (Å²) < 4.78 is 35.7. The maximum atomic E-state index is 11.9. The van der Waals surface area contributed by atoms with Crippen LogP contribution in [0.2, 0.25) is 5.15 Å². The number of carbonyl (C=O) groups excluding carboxylic acids is 1. The molecule has 0 fully saturated rings. The van der Waals surface area contributed by atoms with E-state index < -0.39 is 18.6 Å². The molecule has 0 saturated carbocycles. The monoisotopic (exact) mass is 267 g/mol. The van der Waals surface area contributed by atoms with Gasteiger partial charge in [0.15, 0.2) is 0 Å². The molecule has 94 valence electrons. The van der Waals surface area contributed by atoms with E-state index in [1.807, 2.05) is 0 Å². The van der Waals surface area contributed by atoms with Crippen LogP contribution in [0.5, 0.6) is 0 Å². The zero-order chi connectivity index (χ0) is 13.1. The molecule has 2 N–H and O–H groups in total. The molecule has 0 aromatic carbocycles. The summed E-state index contributed by atoms with van der Waals surface area (Å²) in [5.41, 5.74) is 0.0126. The number of amides is 1. The molecule has 0 spiro atoms. The molecule has 1 heterocycles. The second-order valence-corrected chi connectivity index (χ2v) is 3.50. The van der Waals surface area contributed by atoms with E-state index in [4.69, 9.17) is 11.6 Å². The van der Waals surface area contributed by atoms with Crippen LogP contribution in [0.25, 0.3) is 0 Å². The number of nitrogens with zero attached hydrogens (tertiary/aromatic N) is 1. The number of alkyl halides is 3. The van der Waals surface area contributed by atoms with Gasteiger partial charge in [-0.2, -0.15) is 13.2 Å². The predicted molar refractivity (Wildman–Crippen MR) is 57.2 cm³/mol. The van der Waals surface area contributed by atoms with Gasteiger partial charge in [0.25, 0.3) is 5.91 Å². The van der Waals surface area contributed by atoms with Crippen molar-refractivity contribution in [3.8, 4) is 0 Å². The van der Waals surface area contributed by atoms with Crippen LogP contribution in [0.4, 0.5) is 19.0 Å². The molecule has 17 heavy (non-hydrogen) atoms. The Labute approximate surface area is 100 Å². The Hall–Kier alpha value is -1.50. The molecule has 0 atom stereocenters. The maximum absolute atomic E-state index is 11.9. The van der Waals surface area contributed by atoms with Gasteiger partial charge in [-0.05, 0) is 12.1 Å². The highest BCUT2D eigenvalue weighted by atomic mass is 35.5. The standard InChI is InChI=1S/C9H9ClF3N3O/c1-14-7-3-5(2-6(10)16-7)8(17)15-4-9(11,12)13/h2-3H,4H2,1H3,(H,14,16)(H,15,17). The number of hydrogen-bond donors (Lipinski definition) is 2. The Morgan fingerprint density at radius 3 is 2.65 bits per heavy atom. The highest BCUT2D eigenvalue weighted by molar-refractivity contribution is 6.29. The Morgan fingerprint density at radius 2 is 2.12 bits per heavy atom. The first kappa shape index (κ1) is 13.6. The molecule has 0 aliphatic heterocycles. The summed E-state index contributed by atoms with van der Waals surface area (Å²) in [4.78, 5) is 15.2. The molecule has 1 rings (SSSR count). The van der Waals surface area contributed by atoms with Gasteiger partial charge in [-0.1, -0.05) is 11.6 Å². The second kappa shape index (κ2) is 5.22. The minimum absolute atomic E-state index is 0.0126. The average Bonchev–Trinajstić information content (AvgIpc) is 2.23. The highest BCUT2D eigenvalue weighted by Crippen LogP contribution is 2.15. The van der Waals surface area contributed by atoms with Crippen LogP contribution in [-0.4, -0.2) is 30.7 Å². The van der Waals surface area contributed by atoms with Gasteiger partial charge in [-0.25, -0.2) is 4.98 Å². The van der Waals surface area contributed by atoms with E-state index in [0.717, 1.165) is 0 Å². The fourth-order valence-corrected chi connectivity index (χ4v) is 1.25. The molecule has 0 bridgehead atoms. The van der Waals surface area contributed by atoms with Crippen LogP contribution in [0, 0.1) is 0 Å². The average molecular weight is 268 g/mol. The normalized spacial score (nSPS) is 11.1. The largest absolute Gasteiger partial charge is 0.405 e. The Morgan fingerprint density at radius 1 is 1.47 bits per heavy atom. The van der Waals surface area contributed by atoms with Crippen molar-refractivity contribution in [2.45, 2.75) is 6.18 Å². The van der Waals surface area contributed by atoms with E-state index in [-0.39, 0.29) is 10.7 Å². The quantitative estimate of drug-likeness (QED) is 0.825. The first-order valence-corrected chi connectivity index (χ1v) is 4.90. The van der Waals surface area contributed by atoms with Gasteiger partial charge in [0, 0.05) is 12.6 Å². The third-order valence-electron chi connectivity index (χ3n) is 1.76. The zero-order valence-electron chi connectivity index (χ0n) is 8.73. The van der Waals surface area contributed by atoms with Crippen LogP contribution in [-0.2, 0) is 0 Å². The van der Waals surface area contributed by atoms with Gasteiger partial charge in [-0.3, -0.25) is 4.79 Å². The summed E-state index contributed by atoms with van der Waals surface area (Å²) in [5.74, 6) is -0.558. The van der Waals surface area contributed by atoms with E-state index in [1.165, 1.54) is 12.1 Å². The number of nitrogens with one attached hydrogen (secondary N) is 2. The third-order valence-corrected chi connectivity index (χ3v) is 1.96. The molecule has 1 aromatic heterocycles. The summed E-state index contributed by atoms with van der Waals surface area (Å²) in [7, 11) is 1.55. The van der Waals surface area contributed by atoms with Crippen LogP contribution < -0.4 is 10.6 Å². The summed E-state index contributed by atoms with van der Waals surface area (Å²) in [6.07, 6.45) is -4.45. The van der Waals surface area contributed by atoms with Crippen molar-refractivity contribution >= 4 is 23.3 Å². The van der Waals surface area contributed by atoms with Crippen LogP contribution in [0.3, 0.4) is 0 Å². The molecule has 0 aliphatic rings. The van der Waals surface area contributed by atoms with Crippen molar-refractivity contribution in [3.05, 3.63) is 22.8 Å². The lowest BCUT2D eigenvalue weighted by atomic mass is 10.2. The molecule has 0 saturated heterocycles. The number of pyridine rings is 1. The zero-order valence-corrected chi connectivity index (χ0v) is 9.49. The topological polar surface area (TPSA) is 54.0 Å². The third kappa shape index (κ3) is 4.48. The van der Waals surface area contributed by atoms with E-state index in [9.17, 15) is 18.0 Å². The fraction of sp³-hybridized carbons (Fsp3) is 0.333. The number of anilines is 1. The van der Waals surface area contributed by atoms with Crippen LogP contribution >= 0.6 is 11.6 Å². The SMILES string of the molecule is CNc1cc(C(=O)NCC(F)(F)F)cc(Cl)n1. The van der Waals surface area contributed by atoms with Crippen molar-refractivity contribution < 1.29 is 18.0 Å². The molecule has 0 aliphatic carbocycles. The van der Waals surface area contributed by atoms with Crippen molar-refractivity contribution in [2.24, 2.45) is 0 Å². The molecular weight excluding hydrogens is 259 g/mol. The first-order chi connectivity index (χ1) is 7.81. The van der Waals surface area contributed by atoms with Gasteiger partial charge in [0.05, 0.1) is 0 Å². The van der Waals surface area contributed by atoms with Gasteiger partial charge < -0.3 is 10.6 Å². The highest BCUT2D eigenvalue weighted by Gasteiger charge is 2.28. The van der Waals surface area contributed by atoms with Gasteiger partial charge in [-0.15, -0.1) is 0 Å². The summed E-state index contributed by atoms with van der Waals surface area (Å²) in [6.45, 7) is -1.39. The van der Waals surface area contributed by atoms with Crippen molar-refractivity contribution in [1.82, 2.24) is 10.3 Å². The predicted octanol–water partition coefficient (Wildman–Crippen LogP) is 2.07. The number of rotatable bonds is 3. The van der Waals surface area contributed by atoms with Crippen LogP contribution in [0.15, 0.2) is 12.1 Å². The minimum atomic E-state index is -4.45. The van der Waals surface area contributed by atoms with Gasteiger partial charge in [0.2, 0.25) is 0 Å². The maximum Gasteiger partial charge on any atom is 0.405 e. The molecule has 8 heteroatoms. The Balaban J connectivity index is 2.78. The second-order valence-electron chi connectivity index (χ2n) is 3.11. The number of carbonyl (C=O) groups is 1. The van der Waals surface area contributed by atoms with E-state index in [2.05, 4.69) is 10.3 Å². The molecule has 0 unspecified atom stereocenters. The molecule has 1 aromatic rings. The van der Waals surface area contributed by atoms with E-state index in [0.29, 0.717) is 5.82 Å². The van der Waals surface area contributed by atoms with Crippen molar-refractivity contribution in [2.75, 3.05) is 18.9 Å². The molecule has 4 nitrogen and oxygen atoms in total. The van der Waals surface area contributed by atoms with E-state index >= 15 is 0 Å². The summed E-state index contributed by atoms with van der Waals surface area (Å²) in [5, 5.41) is 4.40. The smallest absolute Gasteiger partial charge is 0.373 e. The lowest BCUT2D eigenvalue weighted by Gasteiger charge is -2.09. The Kier molecular flexibility index (Phi) is 4.17. The molecular formula is C9H9ClF3N3O. The van der Waals surface area contributed by atoms with Crippen molar-refractivity contribution in [3.63, 3.8) is 0 Å². The summed E-state index contributed by atoms with van der Waals surface area (Å²) >= 11 is 5.61. The first-order valence-electron chi connectivity index (χ1n) is 4.52. The van der Waals surface area contributed by atoms with Gasteiger partial charge in [0.1, 0.15) is 17.5 Å². The fourth-order valence-electron chi connectivity index (χ4n) is 1.04. The lowest BCUT2D eigenvalue weighted by Crippen LogP contribution is -2.33. The molecule has 0 radical (unpaired) electrons. The van der Waals surface area contributed by atoms with E-state index in [1.54, 1.807) is 12.4 Å². The van der Waals surface area contributed by atoms with Crippen molar-refractivity contribution in [1.29, 1.82) is 0 Å². The number of aromatic nitrogens is 1. The number of hydrogen-bond acceptors (Lipinski definition) is 3. The van der Waals surface area contributed by atoms with Gasteiger partial charge >= 0.3 is 6.18 Å².